The number of aliphatic hydroxyl groups excluding tert-OH is 1. The zero-order valence-electron chi connectivity index (χ0n) is 24.1. The third kappa shape index (κ3) is 4.92. The summed E-state index contributed by atoms with van der Waals surface area (Å²) in [6.07, 6.45) is 1.64. The number of likely N-dealkylation sites (N-methyl/N-ethyl adjacent to an activating group) is 1. The Hall–Kier alpha value is -4.35. The van der Waals surface area contributed by atoms with Crippen molar-refractivity contribution in [1.29, 1.82) is 5.41 Å². The number of aromatic nitrogens is 1. The average molecular weight is 609 g/mol. The van der Waals surface area contributed by atoms with Crippen molar-refractivity contribution < 1.29 is 23.5 Å². The van der Waals surface area contributed by atoms with Crippen LogP contribution in [0, 0.1) is 24.0 Å². The van der Waals surface area contributed by atoms with Crippen molar-refractivity contribution in [3.8, 4) is 11.1 Å². The highest BCUT2D eigenvalue weighted by Crippen LogP contribution is 2.48. The van der Waals surface area contributed by atoms with E-state index in [4.69, 9.17) is 11.6 Å². The van der Waals surface area contributed by atoms with Crippen LogP contribution in [-0.2, 0) is 9.59 Å². The number of pyridine rings is 1. The lowest BCUT2D eigenvalue weighted by atomic mass is 9.96. The number of amides is 2. The smallest absolute Gasteiger partial charge is 0.251 e. The van der Waals surface area contributed by atoms with E-state index in [1.165, 1.54) is 65.2 Å². The molecule has 0 radical (unpaired) electrons. The highest BCUT2D eigenvalue weighted by molar-refractivity contribution is 6.39. The molecule has 5 rings (SSSR count). The SMILES string of the molecule is C=CC(=O)N1CC2C(=O)N(C)c3c(Cl)c(-c4ccccc4F)c(F)c(Nc4c(C)ccnc4C(C)O)c3C(=N)N2CC1C. The third-order valence-corrected chi connectivity index (χ3v) is 8.37. The largest absolute Gasteiger partial charge is 0.387 e. The number of piperazine rings is 1. The fourth-order valence-electron chi connectivity index (χ4n) is 5.76. The normalized spacial score (nSPS) is 19.0. The number of rotatable bonds is 5. The molecular formula is C31H31ClF2N6O3. The molecule has 43 heavy (non-hydrogen) atoms. The molecule has 9 nitrogen and oxygen atoms in total. The Kier molecular flexibility index (Phi) is 7.97. The molecule has 1 fully saturated rings. The van der Waals surface area contributed by atoms with Gasteiger partial charge < -0.3 is 25.1 Å². The molecule has 2 aliphatic heterocycles. The predicted octanol–water partition coefficient (Wildman–Crippen LogP) is 5.17. The third-order valence-electron chi connectivity index (χ3n) is 8.00. The number of aliphatic hydroxyl groups is 1. The minimum absolute atomic E-state index is 0.00242. The molecule has 2 aromatic carbocycles. The monoisotopic (exact) mass is 608 g/mol. The van der Waals surface area contributed by atoms with Gasteiger partial charge in [0.25, 0.3) is 5.91 Å². The average Bonchev–Trinajstić information content (AvgIpc) is 3.05. The number of benzene rings is 2. The summed E-state index contributed by atoms with van der Waals surface area (Å²) in [4.78, 5) is 35.1. The van der Waals surface area contributed by atoms with Gasteiger partial charge in [0.05, 0.1) is 46.0 Å². The van der Waals surface area contributed by atoms with Gasteiger partial charge in [-0.3, -0.25) is 20.0 Å². The van der Waals surface area contributed by atoms with Crippen molar-refractivity contribution in [3.05, 3.63) is 82.7 Å². The van der Waals surface area contributed by atoms with Crippen LogP contribution in [0.2, 0.25) is 5.02 Å². The first-order valence-electron chi connectivity index (χ1n) is 13.7. The van der Waals surface area contributed by atoms with Gasteiger partial charge in [0.1, 0.15) is 17.7 Å². The highest BCUT2D eigenvalue weighted by atomic mass is 35.5. The maximum atomic E-state index is 16.9. The lowest BCUT2D eigenvalue weighted by Crippen LogP contribution is -2.63. The number of carbonyl (C=O) groups is 2. The van der Waals surface area contributed by atoms with Crippen molar-refractivity contribution in [2.45, 2.75) is 39.0 Å². The second kappa shape index (κ2) is 11.4. The van der Waals surface area contributed by atoms with E-state index in [2.05, 4.69) is 16.9 Å². The van der Waals surface area contributed by atoms with Gasteiger partial charge in [0.2, 0.25) is 5.91 Å². The molecule has 3 heterocycles. The molecule has 0 bridgehead atoms. The molecule has 1 aromatic heterocycles. The zero-order chi connectivity index (χ0) is 31.3. The van der Waals surface area contributed by atoms with Gasteiger partial charge in [-0.15, -0.1) is 0 Å². The number of amidine groups is 1. The number of nitrogens with zero attached hydrogens (tertiary/aromatic N) is 4. The molecule has 0 saturated carbocycles. The number of fused-ring (bicyclic) bond motifs is 2. The Morgan fingerprint density at radius 1 is 1.23 bits per heavy atom. The first kappa shape index (κ1) is 30.1. The molecule has 2 aliphatic rings. The summed E-state index contributed by atoms with van der Waals surface area (Å²) in [6, 6.07) is 5.83. The van der Waals surface area contributed by atoms with Crippen molar-refractivity contribution in [1.82, 2.24) is 14.8 Å². The van der Waals surface area contributed by atoms with Gasteiger partial charge in [0, 0.05) is 37.0 Å². The highest BCUT2D eigenvalue weighted by Gasteiger charge is 2.46. The standard InChI is InChI=1S/C31H31ClF2N6O3/c1-6-21(42)39-14-20-31(43)38(5)29-23(30(35)40(20)13-16(39)3)28(37-26-15(2)11-12-36-27(26)17(4)41)25(34)22(24(29)32)18-9-7-8-10-19(18)33/h6-12,16-17,20,35,37,41H,1,13-14H2,2-5H3. The van der Waals surface area contributed by atoms with Gasteiger partial charge in [-0.25, -0.2) is 8.78 Å². The maximum absolute atomic E-state index is 16.9. The molecule has 3 unspecified atom stereocenters. The molecule has 3 aromatic rings. The number of hydrogen-bond acceptors (Lipinski definition) is 6. The topological polar surface area (TPSA) is 113 Å². The molecule has 12 heteroatoms. The van der Waals surface area contributed by atoms with Crippen molar-refractivity contribution in [2.75, 3.05) is 30.4 Å². The number of carbonyl (C=O) groups excluding carboxylic acids is 2. The molecule has 224 valence electrons. The summed E-state index contributed by atoms with van der Waals surface area (Å²) in [7, 11) is 1.45. The van der Waals surface area contributed by atoms with Crippen LogP contribution in [0.3, 0.4) is 0 Å². The zero-order valence-corrected chi connectivity index (χ0v) is 24.8. The van der Waals surface area contributed by atoms with Crippen molar-refractivity contribution in [3.63, 3.8) is 0 Å². The van der Waals surface area contributed by atoms with Crippen LogP contribution >= 0.6 is 11.6 Å². The summed E-state index contributed by atoms with van der Waals surface area (Å²) in [6.45, 7) is 8.66. The van der Waals surface area contributed by atoms with Crippen LogP contribution in [0.4, 0.5) is 25.8 Å². The quantitative estimate of drug-likeness (QED) is 0.344. The Morgan fingerprint density at radius 3 is 2.58 bits per heavy atom. The number of hydrogen-bond donors (Lipinski definition) is 3. The van der Waals surface area contributed by atoms with E-state index in [0.717, 1.165) is 0 Å². The van der Waals surface area contributed by atoms with E-state index in [1.807, 2.05) is 0 Å². The Morgan fingerprint density at radius 2 is 1.93 bits per heavy atom. The Balaban J connectivity index is 1.82. The molecule has 3 N–H and O–H groups in total. The van der Waals surface area contributed by atoms with Crippen LogP contribution in [-0.4, -0.2) is 69.8 Å². The van der Waals surface area contributed by atoms with Crippen molar-refractivity contribution >= 4 is 46.3 Å². The minimum Gasteiger partial charge on any atom is -0.387 e. The Bertz CT molecular complexity index is 1680. The first-order chi connectivity index (χ1) is 20.4. The molecule has 3 atom stereocenters. The summed E-state index contributed by atoms with van der Waals surface area (Å²) in [5.41, 5.74) is 0.429. The molecule has 1 saturated heterocycles. The molecule has 0 aliphatic carbocycles. The second-order valence-electron chi connectivity index (χ2n) is 10.7. The predicted molar refractivity (Wildman–Crippen MR) is 162 cm³/mol. The van der Waals surface area contributed by atoms with Crippen LogP contribution in [0.15, 0.2) is 49.2 Å². The minimum atomic E-state index is -1.04. The van der Waals surface area contributed by atoms with Gasteiger partial charge in [0.15, 0.2) is 5.82 Å². The number of nitrogens with one attached hydrogen (secondary N) is 2. The molecular weight excluding hydrogens is 578 g/mol. The maximum Gasteiger partial charge on any atom is 0.251 e. The van der Waals surface area contributed by atoms with Crippen LogP contribution < -0.4 is 10.2 Å². The summed E-state index contributed by atoms with van der Waals surface area (Å²) < 4.78 is 32.1. The van der Waals surface area contributed by atoms with Gasteiger partial charge >= 0.3 is 0 Å². The number of aryl methyl sites for hydroxylation is 1. The van der Waals surface area contributed by atoms with E-state index in [-0.39, 0.29) is 69.3 Å². The van der Waals surface area contributed by atoms with E-state index in [0.29, 0.717) is 5.56 Å². The summed E-state index contributed by atoms with van der Waals surface area (Å²) in [5.74, 6) is -2.75. The van der Waals surface area contributed by atoms with Gasteiger partial charge in [-0.1, -0.05) is 36.4 Å². The van der Waals surface area contributed by atoms with E-state index in [9.17, 15) is 20.1 Å². The first-order valence-corrected chi connectivity index (χ1v) is 14.0. The summed E-state index contributed by atoms with van der Waals surface area (Å²) in [5, 5.41) is 22.6. The van der Waals surface area contributed by atoms with Gasteiger partial charge in [-0.05, 0) is 44.5 Å². The van der Waals surface area contributed by atoms with E-state index < -0.39 is 35.7 Å². The Labute approximate surface area is 252 Å². The fraction of sp³-hybridized carbons (Fsp3) is 0.290. The molecule has 2 amide bonds. The van der Waals surface area contributed by atoms with E-state index in [1.54, 1.807) is 19.9 Å². The second-order valence-corrected chi connectivity index (χ2v) is 11.1. The number of halogens is 3. The van der Waals surface area contributed by atoms with Gasteiger partial charge in [-0.2, -0.15) is 0 Å². The van der Waals surface area contributed by atoms with Crippen LogP contribution in [0.5, 0.6) is 0 Å². The lowest BCUT2D eigenvalue weighted by molar-refractivity contribution is -0.134. The number of anilines is 3. The molecule has 0 spiro atoms. The van der Waals surface area contributed by atoms with E-state index >= 15 is 8.78 Å². The lowest BCUT2D eigenvalue weighted by Gasteiger charge is -2.44. The summed E-state index contributed by atoms with van der Waals surface area (Å²) >= 11 is 6.88. The van der Waals surface area contributed by atoms with Crippen LogP contribution in [0.25, 0.3) is 11.1 Å². The van der Waals surface area contributed by atoms with Crippen molar-refractivity contribution in [2.24, 2.45) is 0 Å². The van der Waals surface area contributed by atoms with Crippen LogP contribution in [0.1, 0.15) is 36.8 Å². The fourth-order valence-corrected chi connectivity index (χ4v) is 6.17.